The lowest BCUT2D eigenvalue weighted by atomic mass is 10.1. The zero-order valence-electron chi connectivity index (χ0n) is 18.8. The molecule has 1 atom stereocenters. The number of methoxy groups -OCH3 is 1. The van der Waals surface area contributed by atoms with E-state index in [-0.39, 0.29) is 18.1 Å². The third kappa shape index (κ3) is 6.37. The first-order chi connectivity index (χ1) is 15.0. The maximum absolute atomic E-state index is 13.4. The number of amides is 2. The van der Waals surface area contributed by atoms with Crippen LogP contribution in [0.25, 0.3) is 0 Å². The number of likely N-dealkylation sites (N-methyl/N-ethyl adjacent to an activating group) is 1. The first-order valence-electron chi connectivity index (χ1n) is 9.85. The van der Waals surface area contributed by atoms with Crippen molar-refractivity contribution in [3.8, 4) is 5.75 Å². The number of hydrogen-bond acceptors (Lipinski definition) is 5. The summed E-state index contributed by atoms with van der Waals surface area (Å²) in [6.07, 6.45) is 1.02. The number of anilines is 1. The fraction of sp³-hybridized carbons (Fsp3) is 0.364. The van der Waals surface area contributed by atoms with E-state index in [1.165, 1.54) is 19.1 Å². The Kier molecular flexibility index (Phi) is 8.51. The normalized spacial score (nSPS) is 12.1. The third-order valence-electron chi connectivity index (χ3n) is 4.94. The van der Waals surface area contributed by atoms with Gasteiger partial charge in [0.2, 0.25) is 21.8 Å². The van der Waals surface area contributed by atoms with Crippen molar-refractivity contribution in [1.29, 1.82) is 0 Å². The molecule has 0 saturated carbocycles. The first-order valence-corrected chi connectivity index (χ1v) is 12.1. The molecule has 2 rings (SSSR count). The molecule has 0 fully saturated rings. The fourth-order valence-electron chi connectivity index (χ4n) is 3.21. The Morgan fingerprint density at radius 1 is 1.19 bits per heavy atom. The van der Waals surface area contributed by atoms with E-state index in [9.17, 15) is 18.0 Å². The first kappa shape index (κ1) is 25.5. The Morgan fingerprint density at radius 2 is 1.88 bits per heavy atom. The zero-order chi connectivity index (χ0) is 24.1. The summed E-state index contributed by atoms with van der Waals surface area (Å²) < 4.78 is 31.6. The van der Waals surface area contributed by atoms with Gasteiger partial charge >= 0.3 is 0 Å². The van der Waals surface area contributed by atoms with E-state index >= 15 is 0 Å². The number of hydrogen-bond donors (Lipinski definition) is 1. The molecular formula is C22H28ClN3O5S. The van der Waals surface area contributed by atoms with Crippen LogP contribution in [0, 0.1) is 6.92 Å². The highest BCUT2D eigenvalue weighted by molar-refractivity contribution is 7.92. The van der Waals surface area contributed by atoms with Crippen molar-refractivity contribution in [1.82, 2.24) is 10.2 Å². The third-order valence-corrected chi connectivity index (χ3v) is 6.30. The molecule has 174 valence electrons. The van der Waals surface area contributed by atoms with Crippen molar-refractivity contribution in [2.24, 2.45) is 0 Å². The summed E-state index contributed by atoms with van der Waals surface area (Å²) in [6.45, 7) is 2.97. The van der Waals surface area contributed by atoms with Crippen LogP contribution in [0.2, 0.25) is 5.02 Å². The van der Waals surface area contributed by atoms with Crippen molar-refractivity contribution in [3.05, 3.63) is 58.6 Å². The standard InChI is InChI=1S/C22H28ClN3O5S/c1-15-9-10-20(31-4)19(11-15)26(32(5,29)30)14-21(27)25(16(2)22(28)24-3)13-17-7-6-8-18(23)12-17/h6-12,16H,13-14H2,1-5H3,(H,24,28)/t16-/m1/s1. The molecule has 32 heavy (non-hydrogen) atoms. The number of nitrogens with zero attached hydrogens (tertiary/aromatic N) is 2. The molecule has 0 aliphatic rings. The second-order valence-electron chi connectivity index (χ2n) is 7.39. The van der Waals surface area contributed by atoms with Gasteiger partial charge in [0.05, 0.1) is 19.1 Å². The van der Waals surface area contributed by atoms with Crippen LogP contribution in [0.3, 0.4) is 0 Å². The van der Waals surface area contributed by atoms with Crippen LogP contribution in [0.4, 0.5) is 5.69 Å². The summed E-state index contributed by atoms with van der Waals surface area (Å²) in [5.41, 5.74) is 1.76. The molecule has 2 amide bonds. The van der Waals surface area contributed by atoms with Crippen molar-refractivity contribution in [2.45, 2.75) is 26.4 Å². The Hall–Kier alpha value is -2.78. The van der Waals surface area contributed by atoms with Crippen LogP contribution >= 0.6 is 11.6 Å². The van der Waals surface area contributed by atoms with Gasteiger partial charge in [0.15, 0.2) is 0 Å². The van der Waals surface area contributed by atoms with Gasteiger partial charge in [-0.2, -0.15) is 0 Å². The molecule has 0 aromatic heterocycles. The zero-order valence-corrected chi connectivity index (χ0v) is 20.3. The SMILES string of the molecule is CNC(=O)[C@@H](C)N(Cc1cccc(Cl)c1)C(=O)CN(c1cc(C)ccc1OC)S(C)(=O)=O. The molecule has 2 aromatic carbocycles. The van der Waals surface area contributed by atoms with Gasteiger partial charge in [-0.25, -0.2) is 8.42 Å². The van der Waals surface area contributed by atoms with Gasteiger partial charge in [-0.05, 0) is 49.2 Å². The second kappa shape index (κ2) is 10.7. The van der Waals surface area contributed by atoms with Gasteiger partial charge in [-0.1, -0.05) is 29.8 Å². The molecule has 2 aromatic rings. The predicted molar refractivity (Wildman–Crippen MR) is 125 cm³/mol. The maximum atomic E-state index is 13.4. The minimum atomic E-state index is -3.84. The van der Waals surface area contributed by atoms with E-state index in [0.29, 0.717) is 16.3 Å². The molecule has 8 nitrogen and oxygen atoms in total. The van der Waals surface area contributed by atoms with Crippen LogP contribution in [-0.2, 0) is 26.2 Å². The van der Waals surface area contributed by atoms with Crippen LogP contribution in [0.5, 0.6) is 5.75 Å². The number of sulfonamides is 1. The highest BCUT2D eigenvalue weighted by Gasteiger charge is 2.30. The van der Waals surface area contributed by atoms with E-state index in [1.807, 2.05) is 6.92 Å². The number of benzene rings is 2. The van der Waals surface area contributed by atoms with Gasteiger partial charge in [0.1, 0.15) is 18.3 Å². The van der Waals surface area contributed by atoms with Gasteiger partial charge < -0.3 is 15.0 Å². The predicted octanol–water partition coefficient (Wildman–Crippen LogP) is 2.59. The number of carbonyl (C=O) groups excluding carboxylic acids is 2. The van der Waals surface area contributed by atoms with Crippen LogP contribution in [-0.4, -0.2) is 58.1 Å². The summed E-state index contributed by atoms with van der Waals surface area (Å²) in [4.78, 5) is 27.0. The lowest BCUT2D eigenvalue weighted by Crippen LogP contribution is -2.50. The summed E-state index contributed by atoms with van der Waals surface area (Å²) in [7, 11) is -0.943. The molecule has 10 heteroatoms. The Balaban J connectivity index is 2.46. The monoisotopic (exact) mass is 481 g/mol. The molecular weight excluding hydrogens is 454 g/mol. The van der Waals surface area contributed by atoms with Gasteiger partial charge in [-0.15, -0.1) is 0 Å². The molecule has 0 saturated heterocycles. The number of nitrogens with one attached hydrogen (secondary N) is 1. The van der Waals surface area contributed by atoms with E-state index in [0.717, 1.165) is 16.1 Å². The van der Waals surface area contributed by atoms with Crippen molar-refractivity contribution in [2.75, 3.05) is 31.3 Å². The Morgan fingerprint density at radius 3 is 2.44 bits per heavy atom. The number of aryl methyl sites for hydroxylation is 1. The van der Waals surface area contributed by atoms with Crippen LogP contribution in [0.1, 0.15) is 18.1 Å². The largest absolute Gasteiger partial charge is 0.495 e. The quantitative estimate of drug-likeness (QED) is 0.594. The number of ether oxygens (including phenoxy) is 1. The number of halogens is 1. The summed E-state index contributed by atoms with van der Waals surface area (Å²) in [5.74, 6) is -0.607. The molecule has 0 radical (unpaired) electrons. The van der Waals surface area contributed by atoms with Crippen molar-refractivity contribution >= 4 is 39.1 Å². The van der Waals surface area contributed by atoms with E-state index in [1.54, 1.807) is 49.4 Å². The summed E-state index contributed by atoms with van der Waals surface area (Å²) in [5, 5.41) is 3.02. The minimum absolute atomic E-state index is 0.0799. The molecule has 1 N–H and O–H groups in total. The number of carbonyl (C=O) groups is 2. The highest BCUT2D eigenvalue weighted by Crippen LogP contribution is 2.31. The smallest absolute Gasteiger partial charge is 0.244 e. The molecule has 0 bridgehead atoms. The average molecular weight is 482 g/mol. The maximum Gasteiger partial charge on any atom is 0.244 e. The molecule has 0 aliphatic heterocycles. The summed E-state index contributed by atoms with van der Waals surface area (Å²) in [6, 6.07) is 11.1. The van der Waals surface area contributed by atoms with Crippen LogP contribution < -0.4 is 14.4 Å². The summed E-state index contributed by atoms with van der Waals surface area (Å²) >= 11 is 6.07. The Labute approximate surface area is 194 Å². The van der Waals surface area contributed by atoms with E-state index in [4.69, 9.17) is 16.3 Å². The van der Waals surface area contributed by atoms with Crippen LogP contribution in [0.15, 0.2) is 42.5 Å². The molecule has 0 unspecified atom stereocenters. The van der Waals surface area contributed by atoms with Crippen molar-refractivity contribution in [3.63, 3.8) is 0 Å². The van der Waals surface area contributed by atoms with Crippen molar-refractivity contribution < 1.29 is 22.7 Å². The fourth-order valence-corrected chi connectivity index (χ4v) is 4.27. The second-order valence-corrected chi connectivity index (χ2v) is 9.73. The molecule has 0 spiro atoms. The average Bonchev–Trinajstić information content (AvgIpc) is 2.73. The minimum Gasteiger partial charge on any atom is -0.495 e. The van der Waals surface area contributed by atoms with Gasteiger partial charge in [-0.3, -0.25) is 13.9 Å². The van der Waals surface area contributed by atoms with Gasteiger partial charge in [0, 0.05) is 18.6 Å². The topological polar surface area (TPSA) is 96.0 Å². The highest BCUT2D eigenvalue weighted by atomic mass is 35.5. The van der Waals surface area contributed by atoms with E-state index in [2.05, 4.69) is 5.32 Å². The lowest BCUT2D eigenvalue weighted by Gasteiger charge is -2.31. The number of rotatable bonds is 9. The molecule has 0 aliphatic carbocycles. The van der Waals surface area contributed by atoms with E-state index < -0.39 is 28.5 Å². The molecule has 0 heterocycles. The lowest BCUT2D eigenvalue weighted by molar-refractivity contribution is -0.139. The Bertz CT molecular complexity index is 1090. The van der Waals surface area contributed by atoms with Gasteiger partial charge in [0.25, 0.3) is 0 Å².